The Morgan fingerprint density at radius 1 is 0.317 bits per heavy atom. The van der Waals surface area contributed by atoms with E-state index in [1.807, 2.05) is 0 Å². The first-order chi connectivity index (χ1) is 29.2. The fraction of sp³-hybridized carbons (Fsp3) is 0.107. The van der Waals surface area contributed by atoms with Crippen LogP contribution < -0.4 is 9.80 Å². The molecule has 0 aliphatic carbocycles. The molecule has 11 rings (SSSR count). The molecule has 0 amide bonds. The first kappa shape index (κ1) is 35.8. The molecule has 4 heteroatoms. The zero-order valence-corrected chi connectivity index (χ0v) is 34.7. The van der Waals surface area contributed by atoms with Crippen LogP contribution in [0.2, 0.25) is 0 Å². The highest BCUT2D eigenvalue weighted by molar-refractivity contribution is 6.22. The number of nitrogens with zero attached hydrogens (tertiary/aromatic N) is 2. The Labute approximate surface area is 349 Å². The molecule has 4 nitrogen and oxygen atoms in total. The van der Waals surface area contributed by atoms with Crippen LogP contribution in [0.5, 0.6) is 0 Å². The van der Waals surface area contributed by atoms with E-state index in [1.54, 1.807) is 0 Å². The summed E-state index contributed by atoms with van der Waals surface area (Å²) in [6.07, 6.45) is 0. The maximum atomic E-state index is 6.87. The van der Waals surface area contributed by atoms with E-state index >= 15 is 0 Å². The third-order valence-electron chi connectivity index (χ3n) is 12.2. The van der Waals surface area contributed by atoms with Gasteiger partial charge in [-0.3, -0.25) is 0 Å². The summed E-state index contributed by atoms with van der Waals surface area (Å²) < 4.78 is 13.7. The lowest BCUT2D eigenvalue weighted by molar-refractivity contribution is 0.660. The van der Waals surface area contributed by atoms with Gasteiger partial charge in [-0.2, -0.15) is 0 Å². The number of anilines is 6. The maximum absolute atomic E-state index is 6.87. The molecule has 290 valence electrons. The molecule has 11 aromatic rings. The van der Waals surface area contributed by atoms with Gasteiger partial charge < -0.3 is 18.6 Å². The van der Waals surface area contributed by atoms with E-state index in [4.69, 9.17) is 8.83 Å². The van der Waals surface area contributed by atoms with Crippen molar-refractivity contribution in [2.45, 2.75) is 41.5 Å². The SMILES string of the molecule is Cc1cccc(N(c2cccc(C)c2)c2ccc3cc4c(cc3c2)oc2c(C)c3c(oc5cc6cc(N(c7cccc(C)c7)c7cccc(C)c7)ccc6cc53)c(C)c24)c1. The molecular weight excluding hydrogens is 733 g/mol. The molecule has 0 atom stereocenters. The quantitative estimate of drug-likeness (QED) is 0.168. The Bertz CT molecular complexity index is 3210. The molecular formula is C56H44N2O2. The Morgan fingerprint density at radius 3 is 0.983 bits per heavy atom. The van der Waals surface area contributed by atoms with Crippen molar-refractivity contribution in [3.8, 4) is 0 Å². The lowest BCUT2D eigenvalue weighted by Gasteiger charge is -2.26. The predicted molar refractivity (Wildman–Crippen MR) is 254 cm³/mol. The predicted octanol–water partition coefficient (Wildman–Crippen LogP) is 16.6. The molecule has 0 radical (unpaired) electrons. The van der Waals surface area contributed by atoms with Gasteiger partial charge in [0.05, 0.1) is 0 Å². The van der Waals surface area contributed by atoms with E-state index < -0.39 is 0 Å². The van der Waals surface area contributed by atoms with E-state index in [9.17, 15) is 0 Å². The van der Waals surface area contributed by atoms with E-state index in [1.165, 1.54) is 22.3 Å². The van der Waals surface area contributed by atoms with Gasteiger partial charge in [0, 0.05) is 66.8 Å². The second-order valence-electron chi connectivity index (χ2n) is 16.6. The minimum atomic E-state index is 0.875. The molecule has 0 saturated carbocycles. The summed E-state index contributed by atoms with van der Waals surface area (Å²) >= 11 is 0. The van der Waals surface area contributed by atoms with Gasteiger partial charge in [-0.05, 0) is 182 Å². The van der Waals surface area contributed by atoms with Crippen LogP contribution in [0, 0.1) is 41.5 Å². The molecule has 0 spiro atoms. The highest BCUT2D eigenvalue weighted by Gasteiger charge is 2.23. The zero-order chi connectivity index (χ0) is 40.8. The lowest BCUT2D eigenvalue weighted by atomic mass is 9.97. The maximum Gasteiger partial charge on any atom is 0.139 e. The van der Waals surface area contributed by atoms with Crippen molar-refractivity contribution >= 4 is 99.5 Å². The summed E-state index contributed by atoms with van der Waals surface area (Å²) in [6.45, 7) is 12.9. The van der Waals surface area contributed by atoms with Crippen LogP contribution in [0.4, 0.5) is 34.1 Å². The van der Waals surface area contributed by atoms with Gasteiger partial charge in [0.15, 0.2) is 0 Å². The van der Waals surface area contributed by atoms with Crippen molar-refractivity contribution < 1.29 is 8.83 Å². The molecule has 0 fully saturated rings. The topological polar surface area (TPSA) is 32.8 Å². The van der Waals surface area contributed by atoms with Gasteiger partial charge >= 0.3 is 0 Å². The summed E-state index contributed by atoms with van der Waals surface area (Å²) in [7, 11) is 0. The highest BCUT2D eigenvalue weighted by Crippen LogP contribution is 2.46. The van der Waals surface area contributed by atoms with Crippen molar-refractivity contribution in [3.05, 3.63) is 191 Å². The van der Waals surface area contributed by atoms with Crippen molar-refractivity contribution in [2.24, 2.45) is 0 Å². The van der Waals surface area contributed by atoms with E-state index in [0.717, 1.165) is 111 Å². The van der Waals surface area contributed by atoms with Crippen LogP contribution in [0.25, 0.3) is 65.4 Å². The van der Waals surface area contributed by atoms with E-state index in [0.29, 0.717) is 0 Å². The Hall–Kier alpha value is -7.30. The van der Waals surface area contributed by atoms with Gasteiger partial charge in [0.2, 0.25) is 0 Å². The van der Waals surface area contributed by atoms with Crippen molar-refractivity contribution in [2.75, 3.05) is 9.80 Å². The molecule has 2 heterocycles. The summed E-state index contributed by atoms with van der Waals surface area (Å²) in [5.74, 6) is 0. The fourth-order valence-corrected chi connectivity index (χ4v) is 9.40. The van der Waals surface area contributed by atoms with E-state index in [-0.39, 0.29) is 0 Å². The van der Waals surface area contributed by atoms with Crippen LogP contribution in [0.1, 0.15) is 33.4 Å². The fourth-order valence-electron chi connectivity index (χ4n) is 9.40. The van der Waals surface area contributed by atoms with Gasteiger partial charge in [-0.15, -0.1) is 0 Å². The Kier molecular flexibility index (Phi) is 8.15. The number of benzene rings is 9. The van der Waals surface area contributed by atoms with Gasteiger partial charge in [-0.1, -0.05) is 60.7 Å². The van der Waals surface area contributed by atoms with E-state index in [2.05, 4.69) is 209 Å². The molecule has 0 saturated heterocycles. The highest BCUT2D eigenvalue weighted by atomic mass is 16.3. The van der Waals surface area contributed by atoms with Gasteiger partial charge in [-0.25, -0.2) is 0 Å². The molecule has 0 bridgehead atoms. The zero-order valence-electron chi connectivity index (χ0n) is 34.7. The minimum absolute atomic E-state index is 0.875. The molecule has 0 aliphatic rings. The lowest BCUT2D eigenvalue weighted by Crippen LogP contribution is -2.10. The third-order valence-corrected chi connectivity index (χ3v) is 12.2. The summed E-state index contributed by atoms with van der Waals surface area (Å²) in [5.41, 5.74) is 17.4. The number of rotatable bonds is 6. The summed E-state index contributed by atoms with van der Waals surface area (Å²) in [6, 6.07) is 57.3. The second-order valence-corrected chi connectivity index (χ2v) is 16.6. The van der Waals surface area contributed by atoms with Crippen molar-refractivity contribution in [1.82, 2.24) is 0 Å². The normalized spacial score (nSPS) is 11.8. The number of aryl methyl sites for hydroxylation is 6. The largest absolute Gasteiger partial charge is 0.456 e. The van der Waals surface area contributed by atoms with Crippen LogP contribution in [0.15, 0.2) is 167 Å². The van der Waals surface area contributed by atoms with Crippen LogP contribution >= 0.6 is 0 Å². The smallest absolute Gasteiger partial charge is 0.139 e. The molecule has 0 unspecified atom stereocenters. The van der Waals surface area contributed by atoms with Gasteiger partial charge in [0.1, 0.15) is 22.3 Å². The number of fused-ring (bicyclic) bond motifs is 8. The minimum Gasteiger partial charge on any atom is -0.456 e. The molecule has 9 aromatic carbocycles. The number of hydrogen-bond donors (Lipinski definition) is 0. The monoisotopic (exact) mass is 776 g/mol. The first-order valence-corrected chi connectivity index (χ1v) is 20.7. The Balaban J connectivity index is 1.04. The summed E-state index contributed by atoms with van der Waals surface area (Å²) in [4.78, 5) is 4.68. The average molecular weight is 777 g/mol. The van der Waals surface area contributed by atoms with Crippen LogP contribution in [-0.4, -0.2) is 0 Å². The van der Waals surface area contributed by atoms with Gasteiger partial charge in [0.25, 0.3) is 0 Å². The van der Waals surface area contributed by atoms with Crippen LogP contribution in [0.3, 0.4) is 0 Å². The molecule has 0 aliphatic heterocycles. The summed E-state index contributed by atoms with van der Waals surface area (Å²) in [5, 5.41) is 9.01. The van der Waals surface area contributed by atoms with Crippen molar-refractivity contribution in [3.63, 3.8) is 0 Å². The molecule has 0 N–H and O–H groups in total. The Morgan fingerprint density at radius 2 is 0.650 bits per heavy atom. The third kappa shape index (κ3) is 5.82. The number of furan rings is 2. The number of hydrogen-bond acceptors (Lipinski definition) is 4. The molecule has 2 aromatic heterocycles. The molecule has 60 heavy (non-hydrogen) atoms. The van der Waals surface area contributed by atoms with Crippen LogP contribution in [-0.2, 0) is 0 Å². The first-order valence-electron chi connectivity index (χ1n) is 20.7. The van der Waals surface area contributed by atoms with Crippen molar-refractivity contribution in [1.29, 1.82) is 0 Å². The average Bonchev–Trinajstić information content (AvgIpc) is 3.80. The second kappa shape index (κ2) is 13.6. The standard InChI is InChI=1S/C56H44N2O2/c1-33-11-7-15-43(23-33)57(44-16-8-12-34(2)24-44)47-21-19-39-29-49-51(31-41(39)27-47)59-55-38(6)54-50-30-40-20-22-48(28-42(40)32-52(50)60-56(54)37(5)53(49)55)58(45-17-9-13-35(3)25-45)46-18-10-14-36(4)26-46/h7-32H,1-6H3.